The van der Waals surface area contributed by atoms with E-state index < -0.39 is 0 Å². The smallest absolute Gasteiger partial charge is 0.214 e. The van der Waals surface area contributed by atoms with Crippen molar-refractivity contribution >= 4 is 23.8 Å². The highest BCUT2D eigenvalue weighted by molar-refractivity contribution is 7.71. The molecule has 0 unspecified atom stereocenters. The normalized spacial score (nSPS) is 10.6. The Balaban J connectivity index is 1.89. The molecule has 1 aromatic heterocycles. The molecule has 7 nitrogen and oxygen atoms in total. The molecule has 154 valence electrons. The van der Waals surface area contributed by atoms with Crippen LogP contribution in [0, 0.1) is 4.77 Å². The molecule has 9 heteroatoms. The molecule has 0 fully saturated rings. The van der Waals surface area contributed by atoms with Crippen LogP contribution < -0.4 is 19.6 Å². The van der Waals surface area contributed by atoms with Crippen molar-refractivity contribution in [2.24, 2.45) is 0 Å². The van der Waals surface area contributed by atoms with E-state index in [-0.39, 0.29) is 0 Å². The third kappa shape index (κ3) is 4.65. The number of para-hydroxylation sites is 1. The topological polar surface area (TPSA) is 73.3 Å². The predicted molar refractivity (Wildman–Crippen MR) is 116 cm³/mol. The first-order valence-electron chi connectivity index (χ1n) is 9.21. The van der Waals surface area contributed by atoms with Gasteiger partial charge in [-0.15, -0.1) is 0 Å². The van der Waals surface area contributed by atoms with E-state index in [0.29, 0.717) is 52.6 Å². The number of benzene rings is 2. The Labute approximate surface area is 179 Å². The van der Waals surface area contributed by atoms with Crippen LogP contribution >= 0.6 is 23.8 Å². The maximum absolute atomic E-state index is 6.41. The van der Waals surface area contributed by atoms with Crippen molar-refractivity contribution in [2.75, 3.05) is 25.7 Å². The van der Waals surface area contributed by atoms with Crippen LogP contribution in [0.3, 0.4) is 0 Å². The number of halogens is 1. The third-order valence-electron chi connectivity index (χ3n) is 4.12. The van der Waals surface area contributed by atoms with Gasteiger partial charge in [-0.1, -0.05) is 23.7 Å². The number of rotatable bonds is 9. The van der Waals surface area contributed by atoms with E-state index in [2.05, 4.69) is 15.6 Å². The van der Waals surface area contributed by atoms with Crippen molar-refractivity contribution in [1.29, 1.82) is 0 Å². The standard InChI is InChI=1S/C20H23ClN4O3S/c1-4-27-17-11-13(10-15(21)18(17)28-5-2)12-22-25-19(23-24-20(25)29)14-8-6-7-9-16(14)26-3/h6-11,22H,4-5,12H2,1-3H3,(H,24,29). The van der Waals surface area contributed by atoms with Gasteiger partial charge in [-0.25, -0.2) is 9.77 Å². The summed E-state index contributed by atoms with van der Waals surface area (Å²) < 4.78 is 18.9. The summed E-state index contributed by atoms with van der Waals surface area (Å²) >= 11 is 11.8. The number of H-pyrrole nitrogens is 1. The zero-order valence-corrected chi connectivity index (χ0v) is 18.1. The summed E-state index contributed by atoms with van der Waals surface area (Å²) in [7, 11) is 1.62. The first-order valence-corrected chi connectivity index (χ1v) is 10.00. The molecule has 0 saturated carbocycles. The Bertz CT molecular complexity index is 1030. The predicted octanol–water partition coefficient (Wildman–Crippen LogP) is 4.81. The summed E-state index contributed by atoms with van der Waals surface area (Å²) in [5.41, 5.74) is 5.01. The van der Waals surface area contributed by atoms with Crippen LogP contribution in [0.2, 0.25) is 5.02 Å². The van der Waals surface area contributed by atoms with Crippen molar-refractivity contribution < 1.29 is 14.2 Å². The van der Waals surface area contributed by atoms with Gasteiger partial charge in [-0.2, -0.15) is 5.10 Å². The third-order valence-corrected chi connectivity index (χ3v) is 4.67. The van der Waals surface area contributed by atoms with E-state index in [9.17, 15) is 0 Å². The minimum atomic E-state index is 0.438. The molecule has 0 atom stereocenters. The van der Waals surface area contributed by atoms with E-state index >= 15 is 0 Å². The minimum Gasteiger partial charge on any atom is -0.496 e. The average Bonchev–Trinajstić information content (AvgIpc) is 3.09. The second kappa shape index (κ2) is 9.67. The Morgan fingerprint density at radius 2 is 1.90 bits per heavy atom. The number of hydrogen-bond acceptors (Lipinski definition) is 6. The molecular formula is C20H23ClN4O3S. The van der Waals surface area contributed by atoms with Gasteiger partial charge in [0.1, 0.15) is 5.75 Å². The van der Waals surface area contributed by atoms with Crippen LogP contribution in [0.4, 0.5) is 0 Å². The molecule has 0 aliphatic rings. The molecule has 0 aliphatic heterocycles. The van der Waals surface area contributed by atoms with Crippen molar-refractivity contribution in [1.82, 2.24) is 14.9 Å². The van der Waals surface area contributed by atoms with Crippen LogP contribution in [0.5, 0.6) is 17.2 Å². The summed E-state index contributed by atoms with van der Waals surface area (Å²) in [5.74, 6) is 2.48. The quantitative estimate of drug-likeness (QED) is 0.471. The fourth-order valence-corrected chi connectivity index (χ4v) is 3.38. The monoisotopic (exact) mass is 434 g/mol. The number of hydrogen-bond donors (Lipinski definition) is 2. The van der Waals surface area contributed by atoms with Gasteiger partial charge in [0.05, 0.1) is 37.5 Å². The van der Waals surface area contributed by atoms with Crippen LogP contribution in [0.25, 0.3) is 11.4 Å². The molecule has 3 aromatic rings. The lowest BCUT2D eigenvalue weighted by atomic mass is 10.2. The summed E-state index contributed by atoms with van der Waals surface area (Å²) in [6, 6.07) is 11.4. The van der Waals surface area contributed by atoms with E-state index in [4.69, 9.17) is 38.0 Å². The van der Waals surface area contributed by atoms with Crippen LogP contribution in [0.15, 0.2) is 36.4 Å². The van der Waals surface area contributed by atoms with Gasteiger partial charge in [0, 0.05) is 0 Å². The fourth-order valence-electron chi connectivity index (χ4n) is 2.89. The Morgan fingerprint density at radius 3 is 2.62 bits per heavy atom. The largest absolute Gasteiger partial charge is 0.496 e. The number of nitrogens with zero attached hydrogens (tertiary/aromatic N) is 2. The highest BCUT2D eigenvalue weighted by atomic mass is 35.5. The summed E-state index contributed by atoms with van der Waals surface area (Å²) in [6.07, 6.45) is 0. The highest BCUT2D eigenvalue weighted by Crippen LogP contribution is 2.37. The molecule has 0 radical (unpaired) electrons. The molecule has 2 aromatic carbocycles. The second-order valence-electron chi connectivity index (χ2n) is 5.99. The maximum atomic E-state index is 6.41. The molecule has 1 heterocycles. The summed E-state index contributed by atoms with van der Waals surface area (Å²) in [6.45, 7) is 5.28. The first kappa shape index (κ1) is 21.0. The average molecular weight is 435 g/mol. The lowest BCUT2D eigenvalue weighted by molar-refractivity contribution is 0.287. The second-order valence-corrected chi connectivity index (χ2v) is 6.79. The summed E-state index contributed by atoms with van der Waals surface area (Å²) in [5, 5.41) is 7.66. The van der Waals surface area contributed by atoms with Crippen LogP contribution in [-0.4, -0.2) is 35.2 Å². The van der Waals surface area contributed by atoms with Gasteiger partial charge in [-0.05, 0) is 55.9 Å². The lowest BCUT2D eigenvalue weighted by Gasteiger charge is -2.16. The van der Waals surface area contributed by atoms with E-state index in [1.165, 1.54) is 0 Å². The molecule has 2 N–H and O–H groups in total. The van der Waals surface area contributed by atoms with E-state index in [1.807, 2.05) is 50.2 Å². The van der Waals surface area contributed by atoms with Crippen molar-refractivity contribution in [2.45, 2.75) is 20.4 Å². The molecule has 0 spiro atoms. The Hall–Kier alpha value is -2.71. The van der Waals surface area contributed by atoms with E-state index in [1.54, 1.807) is 11.8 Å². The molecule has 29 heavy (non-hydrogen) atoms. The van der Waals surface area contributed by atoms with Crippen molar-refractivity contribution in [3.8, 4) is 28.6 Å². The lowest BCUT2D eigenvalue weighted by Crippen LogP contribution is -2.16. The number of aromatic amines is 1. The number of nitrogens with one attached hydrogen (secondary N) is 2. The highest BCUT2D eigenvalue weighted by Gasteiger charge is 2.15. The zero-order chi connectivity index (χ0) is 20.8. The van der Waals surface area contributed by atoms with Gasteiger partial charge in [0.25, 0.3) is 0 Å². The minimum absolute atomic E-state index is 0.438. The first-order chi connectivity index (χ1) is 14.1. The molecule has 0 saturated heterocycles. The van der Waals surface area contributed by atoms with Gasteiger partial charge in [-0.3, -0.25) is 0 Å². The number of ether oxygens (including phenoxy) is 3. The fraction of sp³-hybridized carbons (Fsp3) is 0.300. The van der Waals surface area contributed by atoms with Crippen molar-refractivity contribution in [3.05, 3.63) is 51.8 Å². The van der Waals surface area contributed by atoms with Crippen LogP contribution in [0.1, 0.15) is 19.4 Å². The number of aromatic nitrogens is 3. The van der Waals surface area contributed by atoms with Gasteiger partial charge in [0.2, 0.25) is 4.77 Å². The van der Waals surface area contributed by atoms with E-state index in [0.717, 1.165) is 11.1 Å². The Kier molecular flexibility index (Phi) is 7.00. The molecule has 3 rings (SSSR count). The Morgan fingerprint density at radius 1 is 1.14 bits per heavy atom. The molecule has 0 bridgehead atoms. The van der Waals surface area contributed by atoms with Gasteiger partial charge in [0.15, 0.2) is 17.3 Å². The number of methoxy groups -OCH3 is 1. The van der Waals surface area contributed by atoms with Gasteiger partial charge >= 0.3 is 0 Å². The zero-order valence-electron chi connectivity index (χ0n) is 16.5. The SMILES string of the molecule is CCOc1cc(CNn2c(-c3ccccc3OC)n[nH]c2=S)cc(Cl)c1OCC. The van der Waals surface area contributed by atoms with Gasteiger partial charge < -0.3 is 19.6 Å². The van der Waals surface area contributed by atoms with Crippen molar-refractivity contribution in [3.63, 3.8) is 0 Å². The van der Waals surface area contributed by atoms with Crippen LogP contribution in [-0.2, 0) is 6.54 Å². The molecule has 0 amide bonds. The maximum Gasteiger partial charge on any atom is 0.214 e. The summed E-state index contributed by atoms with van der Waals surface area (Å²) in [4.78, 5) is 0. The molecular weight excluding hydrogens is 412 g/mol. The molecule has 0 aliphatic carbocycles.